The molecule has 0 bridgehead atoms. The van der Waals surface area contributed by atoms with E-state index in [9.17, 15) is 9.59 Å². The molecule has 8 heteroatoms. The van der Waals surface area contributed by atoms with E-state index in [1.807, 2.05) is 24.3 Å². The monoisotopic (exact) mass is 422 g/mol. The highest BCUT2D eigenvalue weighted by molar-refractivity contribution is 5.84. The van der Waals surface area contributed by atoms with Crippen LogP contribution in [-0.4, -0.2) is 53.9 Å². The van der Waals surface area contributed by atoms with E-state index in [1.54, 1.807) is 50.3 Å². The third kappa shape index (κ3) is 3.93. The minimum absolute atomic E-state index is 0.140. The quantitative estimate of drug-likeness (QED) is 0.629. The van der Waals surface area contributed by atoms with Gasteiger partial charge in [-0.15, -0.1) is 0 Å². The Morgan fingerprint density at radius 3 is 2.45 bits per heavy atom. The number of carbonyl (C=O) groups is 1. The number of amides is 1. The molecule has 31 heavy (non-hydrogen) atoms. The van der Waals surface area contributed by atoms with E-state index in [0.717, 1.165) is 11.4 Å². The number of carbonyl (C=O) groups excluding carboxylic acids is 1. The highest BCUT2D eigenvalue weighted by Gasteiger charge is 2.37. The van der Waals surface area contributed by atoms with Crippen LogP contribution in [0.25, 0.3) is 11.5 Å². The number of hydrogen-bond acceptors (Lipinski definition) is 6. The zero-order valence-corrected chi connectivity index (χ0v) is 17.9. The number of para-hydroxylation sites is 2. The minimum atomic E-state index is -1.13. The Labute approximate surface area is 180 Å². The number of furan rings is 1. The molecule has 1 saturated heterocycles. The molecular weight excluding hydrogens is 396 g/mol. The fourth-order valence-corrected chi connectivity index (χ4v) is 3.89. The van der Waals surface area contributed by atoms with E-state index in [2.05, 4.69) is 10.00 Å². The lowest BCUT2D eigenvalue weighted by molar-refractivity contribution is -0.140. The SMILES string of the molecule is COc1ccccc1N1CCN(C(=O)C(C)(C)n2nc(-c3ccco3)ccc2=O)CC1. The molecule has 8 nitrogen and oxygen atoms in total. The Kier molecular flexibility index (Phi) is 5.54. The van der Waals surface area contributed by atoms with Crippen molar-refractivity contribution in [3.8, 4) is 17.2 Å². The van der Waals surface area contributed by atoms with Crippen molar-refractivity contribution in [3.05, 3.63) is 65.1 Å². The van der Waals surface area contributed by atoms with Crippen LogP contribution in [0, 0.1) is 0 Å². The van der Waals surface area contributed by atoms with Crippen molar-refractivity contribution in [3.63, 3.8) is 0 Å². The molecule has 2 aromatic heterocycles. The summed E-state index contributed by atoms with van der Waals surface area (Å²) in [5.41, 5.74) is 0.0555. The first kappa shape index (κ1) is 20.7. The van der Waals surface area contributed by atoms with Crippen LogP contribution in [0.15, 0.2) is 64.0 Å². The first-order valence-corrected chi connectivity index (χ1v) is 10.2. The van der Waals surface area contributed by atoms with Gasteiger partial charge in [0, 0.05) is 32.2 Å². The van der Waals surface area contributed by atoms with Gasteiger partial charge in [-0.05, 0) is 44.2 Å². The summed E-state index contributed by atoms with van der Waals surface area (Å²) in [7, 11) is 1.66. The average Bonchev–Trinajstić information content (AvgIpc) is 3.34. The third-order valence-electron chi connectivity index (χ3n) is 5.62. The Bertz CT molecular complexity index is 1110. The molecule has 0 spiro atoms. The van der Waals surface area contributed by atoms with E-state index in [1.165, 1.54) is 10.7 Å². The molecule has 1 fully saturated rings. The second kappa shape index (κ2) is 8.29. The summed E-state index contributed by atoms with van der Waals surface area (Å²) in [4.78, 5) is 30.0. The van der Waals surface area contributed by atoms with Gasteiger partial charge in [0.2, 0.25) is 5.91 Å². The fraction of sp³-hybridized carbons (Fsp3) is 0.348. The van der Waals surface area contributed by atoms with Gasteiger partial charge in [-0.3, -0.25) is 9.59 Å². The second-order valence-corrected chi connectivity index (χ2v) is 7.96. The Morgan fingerprint density at radius 2 is 1.77 bits per heavy atom. The van der Waals surface area contributed by atoms with Gasteiger partial charge in [0.1, 0.15) is 17.0 Å². The molecule has 1 aliphatic rings. The molecule has 0 saturated carbocycles. The lowest BCUT2D eigenvalue weighted by atomic mass is 10.0. The predicted molar refractivity (Wildman–Crippen MR) is 117 cm³/mol. The number of anilines is 1. The van der Waals surface area contributed by atoms with E-state index >= 15 is 0 Å². The maximum absolute atomic E-state index is 13.4. The number of aromatic nitrogens is 2. The highest BCUT2D eigenvalue weighted by atomic mass is 16.5. The molecule has 4 rings (SSSR count). The number of ether oxygens (including phenoxy) is 1. The summed E-state index contributed by atoms with van der Waals surface area (Å²) in [6, 6.07) is 14.4. The van der Waals surface area contributed by atoms with Crippen LogP contribution in [0.2, 0.25) is 0 Å². The second-order valence-electron chi connectivity index (χ2n) is 7.96. The number of hydrogen-bond donors (Lipinski definition) is 0. The first-order valence-electron chi connectivity index (χ1n) is 10.2. The fourth-order valence-electron chi connectivity index (χ4n) is 3.89. The zero-order chi connectivity index (χ0) is 22.0. The number of rotatable bonds is 5. The van der Waals surface area contributed by atoms with Crippen LogP contribution in [0.1, 0.15) is 13.8 Å². The standard InChI is InChI=1S/C23H26N4O4/c1-23(2,27-21(28)11-10-17(24-27)19-9-6-16-31-19)22(29)26-14-12-25(13-15-26)18-7-4-5-8-20(18)30-3/h4-11,16H,12-15H2,1-3H3. The van der Waals surface area contributed by atoms with Crippen molar-refractivity contribution >= 4 is 11.6 Å². The van der Waals surface area contributed by atoms with Gasteiger partial charge in [0.05, 0.1) is 19.1 Å². The van der Waals surface area contributed by atoms with Crippen LogP contribution in [0.4, 0.5) is 5.69 Å². The van der Waals surface area contributed by atoms with Gasteiger partial charge in [-0.25, -0.2) is 4.68 Å². The molecule has 162 valence electrons. The van der Waals surface area contributed by atoms with Gasteiger partial charge in [-0.2, -0.15) is 5.10 Å². The van der Waals surface area contributed by atoms with Crippen molar-refractivity contribution in [1.29, 1.82) is 0 Å². The summed E-state index contributed by atoms with van der Waals surface area (Å²) < 4.78 is 12.1. The molecular formula is C23H26N4O4. The largest absolute Gasteiger partial charge is 0.495 e. The van der Waals surface area contributed by atoms with Crippen LogP contribution in [-0.2, 0) is 10.3 Å². The zero-order valence-electron chi connectivity index (χ0n) is 17.9. The van der Waals surface area contributed by atoms with Crippen molar-refractivity contribution < 1.29 is 13.9 Å². The lowest BCUT2D eigenvalue weighted by Crippen LogP contribution is -2.56. The van der Waals surface area contributed by atoms with Crippen molar-refractivity contribution in [2.75, 3.05) is 38.2 Å². The van der Waals surface area contributed by atoms with Crippen molar-refractivity contribution in [2.45, 2.75) is 19.4 Å². The van der Waals surface area contributed by atoms with E-state index in [-0.39, 0.29) is 11.5 Å². The highest BCUT2D eigenvalue weighted by Crippen LogP contribution is 2.29. The molecule has 1 aromatic carbocycles. The molecule has 0 N–H and O–H groups in total. The minimum Gasteiger partial charge on any atom is -0.495 e. The summed E-state index contributed by atoms with van der Waals surface area (Å²) >= 11 is 0. The van der Waals surface area contributed by atoms with Crippen LogP contribution in [0.5, 0.6) is 5.75 Å². The van der Waals surface area contributed by atoms with Gasteiger partial charge >= 0.3 is 0 Å². The van der Waals surface area contributed by atoms with Gasteiger partial charge < -0.3 is 19.0 Å². The molecule has 0 radical (unpaired) electrons. The molecule has 0 atom stereocenters. The van der Waals surface area contributed by atoms with Crippen LogP contribution >= 0.6 is 0 Å². The van der Waals surface area contributed by atoms with E-state index in [4.69, 9.17) is 9.15 Å². The number of benzene rings is 1. The number of methoxy groups -OCH3 is 1. The third-order valence-corrected chi connectivity index (χ3v) is 5.62. The summed E-state index contributed by atoms with van der Waals surface area (Å²) in [6.45, 7) is 5.90. The van der Waals surface area contributed by atoms with Crippen LogP contribution < -0.4 is 15.2 Å². The van der Waals surface area contributed by atoms with Gasteiger partial charge in [0.15, 0.2) is 5.76 Å². The topological polar surface area (TPSA) is 80.8 Å². The Hall–Kier alpha value is -3.55. The molecule has 3 heterocycles. The number of nitrogens with zero attached hydrogens (tertiary/aromatic N) is 4. The first-order chi connectivity index (χ1) is 14.9. The van der Waals surface area contributed by atoms with Crippen molar-refractivity contribution in [1.82, 2.24) is 14.7 Å². The Morgan fingerprint density at radius 1 is 1.03 bits per heavy atom. The number of piperazine rings is 1. The van der Waals surface area contributed by atoms with E-state index in [0.29, 0.717) is 37.6 Å². The summed E-state index contributed by atoms with van der Waals surface area (Å²) in [5, 5.41) is 4.42. The Balaban J connectivity index is 1.52. The van der Waals surface area contributed by atoms with Gasteiger partial charge in [-0.1, -0.05) is 12.1 Å². The molecule has 0 aliphatic carbocycles. The molecule has 0 unspecified atom stereocenters. The smallest absolute Gasteiger partial charge is 0.267 e. The summed E-state index contributed by atoms with van der Waals surface area (Å²) in [6.07, 6.45) is 1.55. The molecule has 1 aliphatic heterocycles. The maximum Gasteiger partial charge on any atom is 0.267 e. The predicted octanol–water partition coefficient (Wildman–Crippen LogP) is 2.60. The summed E-state index contributed by atoms with van der Waals surface area (Å²) in [5.74, 6) is 1.22. The maximum atomic E-state index is 13.4. The normalized spacial score (nSPS) is 14.5. The molecule has 1 amide bonds. The van der Waals surface area contributed by atoms with Crippen molar-refractivity contribution in [2.24, 2.45) is 0 Å². The average molecular weight is 422 g/mol. The van der Waals surface area contributed by atoms with E-state index < -0.39 is 5.54 Å². The lowest BCUT2D eigenvalue weighted by Gasteiger charge is -2.39. The van der Waals surface area contributed by atoms with Crippen LogP contribution in [0.3, 0.4) is 0 Å². The van der Waals surface area contributed by atoms with Gasteiger partial charge in [0.25, 0.3) is 5.56 Å². The molecule has 3 aromatic rings.